The quantitative estimate of drug-likeness (QED) is 0.201. The molecule has 11 nitrogen and oxygen atoms in total. The van der Waals surface area contributed by atoms with Crippen LogP contribution in [0.15, 0.2) is 29.3 Å². The van der Waals surface area contributed by atoms with Crippen molar-refractivity contribution in [1.29, 1.82) is 0 Å². The van der Waals surface area contributed by atoms with Crippen molar-refractivity contribution in [2.45, 2.75) is 83.3 Å². The number of fused-ring (bicyclic) bond motifs is 4. The summed E-state index contributed by atoms with van der Waals surface area (Å²) in [6, 6.07) is 5.00. The molecule has 0 aliphatic carbocycles. The molecule has 1 aromatic carbocycles. The summed E-state index contributed by atoms with van der Waals surface area (Å²) in [6.45, 7) is 10.6. The first-order valence-corrected chi connectivity index (χ1v) is 19.1. The normalized spacial score (nSPS) is 20.1. The van der Waals surface area contributed by atoms with E-state index >= 15 is 0 Å². The summed E-state index contributed by atoms with van der Waals surface area (Å²) in [4.78, 5) is 33.6. The van der Waals surface area contributed by atoms with Crippen molar-refractivity contribution in [3.8, 4) is 11.1 Å². The predicted octanol–water partition coefficient (Wildman–Crippen LogP) is 5.20. The van der Waals surface area contributed by atoms with Crippen molar-refractivity contribution in [1.82, 2.24) is 29.2 Å². The summed E-state index contributed by atoms with van der Waals surface area (Å²) in [5.74, 6) is 0.576. The number of hydrogen-bond donors (Lipinski definition) is 1. The molecule has 2 saturated heterocycles. The molecule has 5 heterocycles. The number of ether oxygens (including phenoxy) is 2. The maximum Gasteiger partial charge on any atom is 0.407 e. The highest BCUT2D eigenvalue weighted by atomic mass is 35.5. The van der Waals surface area contributed by atoms with Gasteiger partial charge in [-0.1, -0.05) is 37.3 Å². The van der Waals surface area contributed by atoms with Crippen LogP contribution in [0.3, 0.4) is 0 Å². The Hall–Kier alpha value is -3.35. The monoisotopic (exact) mass is 625 g/mol. The van der Waals surface area contributed by atoms with Crippen LogP contribution in [0.4, 0.5) is 10.7 Å². The number of halogens is 1. The second kappa shape index (κ2) is 11.3. The van der Waals surface area contributed by atoms with E-state index in [-0.39, 0.29) is 30.5 Å². The minimum Gasteiger partial charge on any atom is -0.444 e. The lowest BCUT2D eigenvalue weighted by molar-refractivity contribution is 0.0859. The number of carbonyl (C=O) groups is 1. The number of hydrogen-bond acceptors (Lipinski definition) is 7. The van der Waals surface area contributed by atoms with E-state index in [0.717, 1.165) is 41.9 Å². The Morgan fingerprint density at radius 2 is 1.98 bits per heavy atom. The maximum absolute atomic E-state index is 14.2. The summed E-state index contributed by atoms with van der Waals surface area (Å²) in [7, 11) is 2.04. The molecule has 230 valence electrons. The fourth-order valence-electron chi connectivity index (χ4n) is 6.43. The van der Waals surface area contributed by atoms with Gasteiger partial charge in [-0.05, 0) is 31.9 Å². The van der Waals surface area contributed by atoms with Gasteiger partial charge in [0, 0.05) is 76.7 Å². The number of carbonyl (C=O) groups excluding carboxylic acids is 1. The lowest BCUT2D eigenvalue weighted by Gasteiger charge is -2.26. The largest absolute Gasteiger partial charge is 0.444 e. The van der Waals surface area contributed by atoms with Crippen LogP contribution in [-0.4, -0.2) is 69.9 Å². The number of benzene rings is 1. The average Bonchev–Trinajstić information content (AvgIpc) is 3.74. The molecule has 0 radical (unpaired) electrons. The van der Waals surface area contributed by atoms with Crippen LogP contribution < -0.4 is 15.8 Å². The first kappa shape index (κ1) is 29.7. The fourth-order valence-corrected chi connectivity index (χ4v) is 7.49. The average molecular weight is 626 g/mol. The van der Waals surface area contributed by atoms with Crippen molar-refractivity contribution < 1.29 is 14.3 Å². The van der Waals surface area contributed by atoms with Crippen LogP contribution in [-0.2, 0) is 29.8 Å². The van der Waals surface area contributed by atoms with Gasteiger partial charge in [-0.25, -0.2) is 4.79 Å². The number of amides is 1. The molecule has 13 heteroatoms. The maximum atomic E-state index is 14.2. The lowest BCUT2D eigenvalue weighted by Crippen LogP contribution is -2.39. The van der Waals surface area contributed by atoms with E-state index in [0.29, 0.717) is 40.6 Å². The molecule has 1 amide bonds. The van der Waals surface area contributed by atoms with E-state index in [1.54, 1.807) is 18.7 Å². The van der Waals surface area contributed by atoms with Crippen molar-refractivity contribution >= 4 is 53.7 Å². The zero-order valence-corrected chi connectivity index (χ0v) is 27.4. The summed E-state index contributed by atoms with van der Waals surface area (Å²) >= 11 is 7.00. The molecular formula is C30H40ClN7O4Si. The van der Waals surface area contributed by atoms with Crippen LogP contribution in [0.25, 0.3) is 33.1 Å². The number of alkyl carbamates (subject to hydrolysis) is 1. The fraction of sp³-hybridized carbons (Fsp3) is 0.533. The SMILES string of the molecule is CCn1cc2c(Cl)c(-c3cn(COCC[Si](C)(C)C)c4nc(N5[C@H]6CC[C@@H]5[C@H](OC(=O)NC)C6)n(C)c(=O)c34)ccc2n1. The number of aromatic nitrogens is 5. The van der Waals surface area contributed by atoms with E-state index in [4.69, 9.17) is 26.1 Å². The minimum absolute atomic E-state index is 0.0410. The molecule has 3 atom stereocenters. The Kier molecular flexibility index (Phi) is 7.80. The van der Waals surface area contributed by atoms with E-state index in [1.807, 2.05) is 40.7 Å². The van der Waals surface area contributed by atoms with Gasteiger partial charge < -0.3 is 24.3 Å². The van der Waals surface area contributed by atoms with Gasteiger partial charge in [0.2, 0.25) is 5.95 Å². The van der Waals surface area contributed by atoms with Crippen LogP contribution in [0.5, 0.6) is 0 Å². The molecule has 0 unspecified atom stereocenters. The smallest absolute Gasteiger partial charge is 0.407 e. The molecule has 0 saturated carbocycles. The third kappa shape index (κ3) is 5.33. The highest BCUT2D eigenvalue weighted by Gasteiger charge is 2.49. The first-order chi connectivity index (χ1) is 20.5. The molecule has 6 rings (SSSR count). The van der Waals surface area contributed by atoms with E-state index in [1.165, 1.54) is 0 Å². The van der Waals surface area contributed by atoms with Gasteiger partial charge in [0.25, 0.3) is 5.56 Å². The van der Waals surface area contributed by atoms with E-state index in [9.17, 15) is 9.59 Å². The number of rotatable bonds is 9. The summed E-state index contributed by atoms with van der Waals surface area (Å²) < 4.78 is 17.2. The molecule has 43 heavy (non-hydrogen) atoms. The van der Waals surface area contributed by atoms with Gasteiger partial charge in [-0.3, -0.25) is 14.0 Å². The number of nitrogens with one attached hydrogen (secondary N) is 1. The lowest BCUT2D eigenvalue weighted by atomic mass is 9.98. The van der Waals surface area contributed by atoms with Gasteiger partial charge in [0.1, 0.15) is 12.8 Å². The van der Waals surface area contributed by atoms with Crippen LogP contribution in [0, 0.1) is 0 Å². The highest BCUT2D eigenvalue weighted by molar-refractivity contribution is 6.76. The Morgan fingerprint density at radius 1 is 1.19 bits per heavy atom. The molecule has 2 bridgehead atoms. The molecule has 0 spiro atoms. The molecule has 4 aromatic rings. The third-order valence-corrected chi connectivity index (χ3v) is 10.9. The van der Waals surface area contributed by atoms with Crippen molar-refractivity contribution in [3.05, 3.63) is 39.9 Å². The van der Waals surface area contributed by atoms with Gasteiger partial charge in [0.15, 0.2) is 5.65 Å². The second-order valence-electron chi connectivity index (χ2n) is 12.8. The number of aryl methyl sites for hydroxylation is 1. The second-order valence-corrected chi connectivity index (χ2v) is 18.8. The van der Waals surface area contributed by atoms with Crippen LogP contribution in [0.2, 0.25) is 30.7 Å². The summed E-state index contributed by atoms with van der Waals surface area (Å²) in [6.07, 6.45) is 5.71. The Morgan fingerprint density at radius 3 is 2.70 bits per heavy atom. The standard InChI is InChI=1S/C30H40ClN7O4Si/c1-7-37-16-21-22(34-37)10-9-19(26(21)31)20-15-36(17-41-12-13-43(4,5)6)27-25(20)28(39)35(3)29(33-27)38-18-8-11-23(38)24(14-18)42-30(40)32-2/h9-10,15-16,18,23-24H,7-8,11-14,17H2,1-6H3,(H,32,40)/t18-,23+,24+/m0/s1. The van der Waals surface area contributed by atoms with Gasteiger partial charge in [-0.2, -0.15) is 10.1 Å². The highest BCUT2D eigenvalue weighted by Crippen LogP contribution is 2.43. The molecular weight excluding hydrogens is 586 g/mol. The van der Waals surface area contributed by atoms with Crippen LogP contribution >= 0.6 is 11.6 Å². The molecule has 2 aliphatic rings. The van der Waals surface area contributed by atoms with E-state index < -0.39 is 14.2 Å². The summed E-state index contributed by atoms with van der Waals surface area (Å²) in [5.41, 5.74) is 2.66. The topological polar surface area (TPSA) is 108 Å². The minimum atomic E-state index is -1.28. The predicted molar refractivity (Wildman–Crippen MR) is 172 cm³/mol. The van der Waals surface area contributed by atoms with Crippen molar-refractivity contribution in [2.75, 3.05) is 18.6 Å². The third-order valence-electron chi connectivity index (χ3n) is 8.76. The van der Waals surface area contributed by atoms with Gasteiger partial charge in [-0.15, -0.1) is 0 Å². The summed E-state index contributed by atoms with van der Waals surface area (Å²) in [5, 5.41) is 9.02. The van der Waals surface area contributed by atoms with Gasteiger partial charge in [0.05, 0.1) is 22.0 Å². The molecule has 2 fully saturated rings. The molecule has 3 aromatic heterocycles. The number of nitrogens with zero attached hydrogens (tertiary/aromatic N) is 6. The Balaban J connectivity index is 1.46. The Bertz CT molecular complexity index is 1760. The molecule has 2 aliphatic heterocycles. The molecule has 1 N–H and O–H groups in total. The van der Waals surface area contributed by atoms with Gasteiger partial charge >= 0.3 is 6.09 Å². The number of anilines is 1. The van der Waals surface area contributed by atoms with Crippen molar-refractivity contribution in [3.63, 3.8) is 0 Å². The van der Waals surface area contributed by atoms with Crippen LogP contribution in [0.1, 0.15) is 26.2 Å². The Labute approximate surface area is 256 Å². The zero-order chi connectivity index (χ0) is 30.6. The zero-order valence-electron chi connectivity index (χ0n) is 25.7. The van der Waals surface area contributed by atoms with Crippen molar-refractivity contribution in [2.24, 2.45) is 7.05 Å². The first-order valence-electron chi connectivity index (χ1n) is 15.0. The van der Waals surface area contributed by atoms with E-state index in [2.05, 4.69) is 35.0 Å².